The first-order valence-corrected chi connectivity index (χ1v) is 5.73. The Balaban J connectivity index is 2.29. The lowest BCUT2D eigenvalue weighted by atomic mass is 10.2. The van der Waals surface area contributed by atoms with Crippen molar-refractivity contribution >= 4 is 22.5 Å². The topological polar surface area (TPSA) is 58.6 Å². The number of hydrogen-bond acceptors (Lipinski definition) is 3. The highest BCUT2D eigenvalue weighted by atomic mass is 35.5. The van der Waals surface area contributed by atoms with E-state index in [1.165, 1.54) is 0 Å². The van der Waals surface area contributed by atoms with E-state index >= 15 is 0 Å². The summed E-state index contributed by atoms with van der Waals surface area (Å²) in [6, 6.07) is 10.5. The van der Waals surface area contributed by atoms with Crippen LogP contribution in [0.4, 0.5) is 0 Å². The molecule has 3 aromatic rings. The van der Waals surface area contributed by atoms with Gasteiger partial charge in [-0.3, -0.25) is 9.78 Å². The van der Waals surface area contributed by atoms with Gasteiger partial charge >= 0.3 is 0 Å². The average Bonchev–Trinajstić information content (AvgIpc) is 2.40. The van der Waals surface area contributed by atoms with Crippen molar-refractivity contribution in [3.8, 4) is 11.5 Å². The molecule has 4 nitrogen and oxygen atoms in total. The van der Waals surface area contributed by atoms with Crippen LogP contribution in [0, 0.1) is 0 Å². The van der Waals surface area contributed by atoms with Crippen molar-refractivity contribution in [1.29, 1.82) is 0 Å². The van der Waals surface area contributed by atoms with Gasteiger partial charge in [-0.15, -0.1) is 0 Å². The van der Waals surface area contributed by atoms with Crippen LogP contribution in [0.2, 0.25) is 5.02 Å². The molecule has 0 aliphatic carbocycles. The van der Waals surface area contributed by atoms with Crippen molar-refractivity contribution in [3.05, 3.63) is 58.0 Å². The first-order valence-electron chi connectivity index (χ1n) is 5.35. The Morgan fingerprint density at radius 2 is 2.06 bits per heavy atom. The normalized spacial score (nSPS) is 10.7. The summed E-state index contributed by atoms with van der Waals surface area (Å²) < 4.78 is 0. The van der Waals surface area contributed by atoms with Gasteiger partial charge in [0.05, 0.1) is 10.9 Å². The fourth-order valence-electron chi connectivity index (χ4n) is 1.74. The van der Waals surface area contributed by atoms with Crippen molar-refractivity contribution in [2.45, 2.75) is 0 Å². The number of fused-ring (bicyclic) bond motifs is 1. The molecule has 0 bridgehead atoms. The second-order valence-electron chi connectivity index (χ2n) is 3.79. The predicted molar refractivity (Wildman–Crippen MR) is 70.6 cm³/mol. The molecule has 3 rings (SSSR count). The molecule has 1 aromatic carbocycles. The molecule has 0 saturated carbocycles. The molecule has 0 atom stereocenters. The number of nitrogens with one attached hydrogen (secondary N) is 1. The Morgan fingerprint density at radius 3 is 2.83 bits per heavy atom. The monoisotopic (exact) mass is 257 g/mol. The summed E-state index contributed by atoms with van der Waals surface area (Å²) in [6.45, 7) is 0. The van der Waals surface area contributed by atoms with Crippen LogP contribution in [-0.4, -0.2) is 15.0 Å². The van der Waals surface area contributed by atoms with Gasteiger partial charge in [-0.25, -0.2) is 4.98 Å². The van der Waals surface area contributed by atoms with Crippen LogP contribution < -0.4 is 5.56 Å². The van der Waals surface area contributed by atoms with Gasteiger partial charge in [0.1, 0.15) is 5.69 Å². The number of rotatable bonds is 1. The van der Waals surface area contributed by atoms with E-state index in [4.69, 9.17) is 11.6 Å². The SMILES string of the molecule is O=c1[nH]c(-c2ccccn2)nc2ccc(Cl)cc12. The minimum Gasteiger partial charge on any atom is -0.305 e. The highest BCUT2D eigenvalue weighted by Crippen LogP contribution is 2.17. The van der Waals surface area contributed by atoms with Crippen LogP contribution in [0.25, 0.3) is 22.4 Å². The average molecular weight is 258 g/mol. The molecule has 88 valence electrons. The summed E-state index contributed by atoms with van der Waals surface area (Å²) in [6.07, 6.45) is 1.65. The summed E-state index contributed by atoms with van der Waals surface area (Å²) in [5.74, 6) is 0.454. The first-order chi connectivity index (χ1) is 8.74. The second-order valence-corrected chi connectivity index (χ2v) is 4.23. The van der Waals surface area contributed by atoms with E-state index in [9.17, 15) is 4.79 Å². The molecule has 5 heteroatoms. The summed E-state index contributed by atoms with van der Waals surface area (Å²) in [7, 11) is 0. The van der Waals surface area contributed by atoms with Gasteiger partial charge in [0.25, 0.3) is 5.56 Å². The third kappa shape index (κ3) is 1.87. The highest BCUT2D eigenvalue weighted by molar-refractivity contribution is 6.31. The third-order valence-corrected chi connectivity index (χ3v) is 2.81. The number of H-pyrrole nitrogens is 1. The zero-order valence-corrected chi connectivity index (χ0v) is 9.98. The maximum absolute atomic E-state index is 11.9. The minimum absolute atomic E-state index is 0.219. The Hall–Kier alpha value is -2.20. The molecule has 0 amide bonds. The van der Waals surface area contributed by atoms with Crippen LogP contribution in [-0.2, 0) is 0 Å². The summed E-state index contributed by atoms with van der Waals surface area (Å²) in [5, 5.41) is 0.988. The lowest BCUT2D eigenvalue weighted by Crippen LogP contribution is -2.09. The van der Waals surface area contributed by atoms with Crippen molar-refractivity contribution in [2.24, 2.45) is 0 Å². The highest BCUT2D eigenvalue weighted by Gasteiger charge is 2.06. The molecule has 0 radical (unpaired) electrons. The van der Waals surface area contributed by atoms with Crippen LogP contribution in [0.15, 0.2) is 47.4 Å². The van der Waals surface area contributed by atoms with Crippen LogP contribution >= 0.6 is 11.6 Å². The molecule has 0 aliphatic heterocycles. The van der Waals surface area contributed by atoms with Gasteiger partial charge in [0.15, 0.2) is 5.82 Å². The van der Waals surface area contributed by atoms with E-state index < -0.39 is 0 Å². The number of aromatic nitrogens is 3. The summed E-state index contributed by atoms with van der Waals surface area (Å²) >= 11 is 5.85. The largest absolute Gasteiger partial charge is 0.305 e. The molecule has 0 spiro atoms. The molecule has 2 heterocycles. The fraction of sp³-hybridized carbons (Fsp3) is 0. The molecule has 2 aromatic heterocycles. The van der Waals surface area contributed by atoms with E-state index in [0.717, 1.165) is 0 Å². The lowest BCUT2D eigenvalue weighted by Gasteiger charge is -2.02. The van der Waals surface area contributed by atoms with Crippen molar-refractivity contribution in [2.75, 3.05) is 0 Å². The Labute approximate surface area is 107 Å². The van der Waals surface area contributed by atoms with Gasteiger partial charge in [-0.2, -0.15) is 0 Å². The zero-order valence-electron chi connectivity index (χ0n) is 9.22. The maximum Gasteiger partial charge on any atom is 0.259 e. The predicted octanol–water partition coefficient (Wildman–Crippen LogP) is 2.64. The second kappa shape index (κ2) is 4.23. The van der Waals surface area contributed by atoms with Crippen molar-refractivity contribution < 1.29 is 0 Å². The maximum atomic E-state index is 11.9. The molecule has 1 N–H and O–H groups in total. The number of benzene rings is 1. The standard InChI is InChI=1S/C13H8ClN3O/c14-8-4-5-10-9(7-8)13(18)17-12(16-10)11-3-1-2-6-15-11/h1-7H,(H,16,17,18). The zero-order chi connectivity index (χ0) is 12.5. The van der Waals surface area contributed by atoms with Gasteiger partial charge in [-0.05, 0) is 30.3 Å². The Morgan fingerprint density at radius 1 is 1.17 bits per heavy atom. The molecule has 0 saturated heterocycles. The van der Waals surface area contributed by atoms with Crippen molar-refractivity contribution in [3.63, 3.8) is 0 Å². The molecule has 18 heavy (non-hydrogen) atoms. The van der Waals surface area contributed by atoms with Crippen LogP contribution in [0.3, 0.4) is 0 Å². The fourth-order valence-corrected chi connectivity index (χ4v) is 1.91. The van der Waals surface area contributed by atoms with E-state index in [2.05, 4.69) is 15.0 Å². The number of hydrogen-bond donors (Lipinski definition) is 1. The quantitative estimate of drug-likeness (QED) is 0.729. The van der Waals surface area contributed by atoms with E-state index in [1.54, 1.807) is 30.5 Å². The number of nitrogens with zero attached hydrogens (tertiary/aromatic N) is 2. The van der Waals surface area contributed by atoms with Gasteiger partial charge < -0.3 is 4.98 Å². The molecular formula is C13H8ClN3O. The smallest absolute Gasteiger partial charge is 0.259 e. The molecule has 0 fully saturated rings. The van der Waals surface area contributed by atoms with E-state index in [-0.39, 0.29) is 5.56 Å². The summed E-state index contributed by atoms with van der Waals surface area (Å²) in [4.78, 5) is 23.2. The van der Waals surface area contributed by atoms with E-state index in [1.807, 2.05) is 12.1 Å². The third-order valence-electron chi connectivity index (χ3n) is 2.57. The Kier molecular flexibility index (Phi) is 2.57. The van der Waals surface area contributed by atoms with E-state index in [0.29, 0.717) is 27.4 Å². The van der Waals surface area contributed by atoms with Crippen LogP contribution in [0.1, 0.15) is 0 Å². The van der Waals surface area contributed by atoms with Gasteiger partial charge in [-0.1, -0.05) is 17.7 Å². The minimum atomic E-state index is -0.219. The van der Waals surface area contributed by atoms with Crippen LogP contribution in [0.5, 0.6) is 0 Å². The number of aromatic amines is 1. The first kappa shape index (κ1) is 10.9. The molecular weight excluding hydrogens is 250 g/mol. The number of halogens is 1. The molecule has 0 unspecified atom stereocenters. The lowest BCUT2D eigenvalue weighted by molar-refractivity contribution is 1.14. The number of pyridine rings is 1. The van der Waals surface area contributed by atoms with Gasteiger partial charge in [0, 0.05) is 11.2 Å². The summed E-state index contributed by atoms with van der Waals surface area (Å²) in [5.41, 5.74) is 1.01. The molecule has 0 aliphatic rings. The van der Waals surface area contributed by atoms with Crippen molar-refractivity contribution in [1.82, 2.24) is 15.0 Å². The Bertz CT molecular complexity index is 768. The van der Waals surface area contributed by atoms with Gasteiger partial charge in [0.2, 0.25) is 0 Å².